The smallest absolute Gasteiger partial charge is 0.287 e. The van der Waals surface area contributed by atoms with Crippen molar-refractivity contribution in [3.8, 4) is 5.75 Å². The van der Waals surface area contributed by atoms with Gasteiger partial charge in [0, 0.05) is 29.9 Å². The summed E-state index contributed by atoms with van der Waals surface area (Å²) in [6, 6.07) is 11.0. The van der Waals surface area contributed by atoms with Crippen LogP contribution in [-0.4, -0.2) is 46.1 Å². The summed E-state index contributed by atoms with van der Waals surface area (Å²) in [6.07, 6.45) is 6.80. The quantitative estimate of drug-likeness (QED) is 0.731. The second-order valence-electron chi connectivity index (χ2n) is 7.84. The Morgan fingerprint density at radius 2 is 2.11 bits per heavy atom. The van der Waals surface area contributed by atoms with Gasteiger partial charge in [0.05, 0.1) is 0 Å². The average molecular weight is 377 g/mol. The Morgan fingerprint density at radius 3 is 2.89 bits per heavy atom. The van der Waals surface area contributed by atoms with Crippen LogP contribution in [-0.2, 0) is 6.42 Å². The molecule has 0 unspecified atom stereocenters. The number of phenolic OH excluding ortho intramolecular Hbond substituents is 1. The number of fused-ring (bicyclic) bond motifs is 4. The van der Waals surface area contributed by atoms with Gasteiger partial charge in [-0.1, -0.05) is 6.07 Å². The fraction of sp³-hybridized carbons (Fsp3) is 0.364. The third kappa shape index (κ3) is 3.14. The number of carbonyl (C=O) groups excluding carboxylic acids is 1. The van der Waals surface area contributed by atoms with Gasteiger partial charge >= 0.3 is 0 Å². The summed E-state index contributed by atoms with van der Waals surface area (Å²) < 4.78 is 5.71. The molecule has 0 saturated carbocycles. The van der Waals surface area contributed by atoms with Crippen molar-refractivity contribution in [1.29, 1.82) is 0 Å². The molecule has 1 aromatic carbocycles. The molecule has 1 amide bonds. The Hall–Kier alpha value is -2.86. The minimum Gasteiger partial charge on any atom is -0.508 e. The topological polar surface area (TPSA) is 78.6 Å². The first-order valence-corrected chi connectivity index (χ1v) is 9.84. The highest BCUT2D eigenvalue weighted by Crippen LogP contribution is 2.34. The molecule has 0 spiro atoms. The third-order valence-corrected chi connectivity index (χ3v) is 6.15. The normalized spacial score (nSPS) is 26.4. The standard InChI is InChI=1S/C22H23N3O3/c26-17-3-4-19-16(11-17)12-20(28-19)22(27)24-21-15-5-8-25(9-6-15)18(21)10-14-2-1-7-23-13-14/h1-4,7,11-13,15,18,21,26H,5-6,8-10H2,(H,24,27)/t18-,21+/m0/s1. The average Bonchev–Trinajstić information content (AvgIpc) is 3.14. The van der Waals surface area contributed by atoms with E-state index < -0.39 is 0 Å². The SMILES string of the molecule is O=C(N[C@@H]1C2CCN(CC2)[C@H]1Cc1cccnc1)c1cc2cc(O)ccc2o1. The molecule has 3 aliphatic heterocycles. The number of phenols is 1. The van der Waals surface area contributed by atoms with Crippen molar-refractivity contribution in [1.82, 2.24) is 15.2 Å². The number of benzene rings is 1. The van der Waals surface area contributed by atoms with E-state index in [4.69, 9.17) is 4.42 Å². The highest BCUT2D eigenvalue weighted by Gasteiger charge is 2.43. The molecular weight excluding hydrogens is 354 g/mol. The van der Waals surface area contributed by atoms with Crippen molar-refractivity contribution in [3.05, 3.63) is 60.1 Å². The van der Waals surface area contributed by atoms with Gasteiger partial charge in [0.25, 0.3) is 5.91 Å². The largest absolute Gasteiger partial charge is 0.508 e. The number of nitrogens with one attached hydrogen (secondary N) is 1. The number of hydrogen-bond acceptors (Lipinski definition) is 5. The summed E-state index contributed by atoms with van der Waals surface area (Å²) in [6.45, 7) is 2.18. The lowest BCUT2D eigenvalue weighted by Crippen LogP contribution is -2.64. The van der Waals surface area contributed by atoms with Gasteiger partial charge < -0.3 is 14.8 Å². The maximum atomic E-state index is 12.9. The molecule has 3 saturated heterocycles. The molecule has 3 aromatic rings. The molecule has 2 atom stereocenters. The molecule has 3 aliphatic rings. The van der Waals surface area contributed by atoms with Crippen molar-refractivity contribution in [2.45, 2.75) is 31.3 Å². The lowest BCUT2D eigenvalue weighted by molar-refractivity contribution is 0.0131. The van der Waals surface area contributed by atoms with Gasteiger partial charge in [-0.05, 0) is 74.2 Å². The second-order valence-corrected chi connectivity index (χ2v) is 7.84. The van der Waals surface area contributed by atoms with Crippen molar-refractivity contribution in [2.24, 2.45) is 5.92 Å². The van der Waals surface area contributed by atoms with E-state index in [0.29, 0.717) is 11.5 Å². The van der Waals surface area contributed by atoms with Gasteiger partial charge in [0.2, 0.25) is 0 Å². The molecule has 3 fully saturated rings. The van der Waals surface area contributed by atoms with Crippen molar-refractivity contribution in [3.63, 3.8) is 0 Å². The monoisotopic (exact) mass is 377 g/mol. The first-order chi connectivity index (χ1) is 13.7. The number of piperidine rings is 3. The second kappa shape index (κ2) is 6.95. The molecular formula is C22H23N3O3. The molecule has 2 N–H and O–H groups in total. The number of pyridine rings is 1. The van der Waals surface area contributed by atoms with E-state index in [-0.39, 0.29) is 29.5 Å². The zero-order valence-corrected chi connectivity index (χ0v) is 15.5. The predicted molar refractivity (Wildman–Crippen MR) is 105 cm³/mol. The molecule has 28 heavy (non-hydrogen) atoms. The molecule has 6 heteroatoms. The molecule has 6 rings (SSSR count). The summed E-state index contributed by atoms with van der Waals surface area (Å²) in [7, 11) is 0. The van der Waals surface area contributed by atoms with E-state index in [1.165, 1.54) is 5.56 Å². The molecule has 5 heterocycles. The van der Waals surface area contributed by atoms with Crippen LogP contribution in [0.4, 0.5) is 0 Å². The number of aromatic nitrogens is 1. The Bertz CT molecular complexity index is 993. The van der Waals surface area contributed by atoms with Gasteiger partial charge in [0.15, 0.2) is 5.76 Å². The van der Waals surface area contributed by atoms with Crippen LogP contribution < -0.4 is 5.32 Å². The number of rotatable bonds is 4. The summed E-state index contributed by atoms with van der Waals surface area (Å²) in [5.41, 5.74) is 1.79. The Kier molecular flexibility index (Phi) is 4.28. The maximum absolute atomic E-state index is 12.9. The van der Waals surface area contributed by atoms with E-state index in [1.807, 2.05) is 12.3 Å². The fourth-order valence-electron chi connectivity index (χ4n) is 4.75. The van der Waals surface area contributed by atoms with Crippen molar-refractivity contribution in [2.75, 3.05) is 13.1 Å². The van der Waals surface area contributed by atoms with Crippen LogP contribution in [0.15, 0.2) is 53.2 Å². The molecule has 144 valence electrons. The molecule has 2 bridgehead atoms. The number of carbonyl (C=O) groups is 1. The maximum Gasteiger partial charge on any atom is 0.287 e. The van der Waals surface area contributed by atoms with Crippen LogP contribution in [0.5, 0.6) is 5.75 Å². The van der Waals surface area contributed by atoms with Crippen LogP contribution >= 0.6 is 0 Å². The Morgan fingerprint density at radius 1 is 1.25 bits per heavy atom. The summed E-state index contributed by atoms with van der Waals surface area (Å²) in [4.78, 5) is 19.7. The van der Waals surface area contributed by atoms with E-state index in [0.717, 1.165) is 37.7 Å². The van der Waals surface area contributed by atoms with Crippen LogP contribution in [0, 0.1) is 5.92 Å². The van der Waals surface area contributed by atoms with E-state index in [1.54, 1.807) is 30.5 Å². The Labute approximate surface area is 163 Å². The highest BCUT2D eigenvalue weighted by atomic mass is 16.3. The fourth-order valence-corrected chi connectivity index (χ4v) is 4.75. The number of hydrogen-bond donors (Lipinski definition) is 2. The number of nitrogens with zero attached hydrogens (tertiary/aromatic N) is 2. The van der Waals surface area contributed by atoms with Crippen molar-refractivity contribution >= 4 is 16.9 Å². The lowest BCUT2D eigenvalue weighted by atomic mass is 9.76. The third-order valence-electron chi connectivity index (χ3n) is 6.15. The first-order valence-electron chi connectivity index (χ1n) is 9.84. The predicted octanol–water partition coefficient (Wildman–Crippen LogP) is 2.97. The zero-order valence-electron chi connectivity index (χ0n) is 15.5. The van der Waals surface area contributed by atoms with Gasteiger partial charge in [-0.15, -0.1) is 0 Å². The number of aromatic hydroxyl groups is 1. The van der Waals surface area contributed by atoms with E-state index >= 15 is 0 Å². The summed E-state index contributed by atoms with van der Waals surface area (Å²) in [5, 5.41) is 13.6. The minimum atomic E-state index is -0.189. The van der Waals surface area contributed by atoms with Gasteiger partial charge in [0.1, 0.15) is 11.3 Å². The first kappa shape index (κ1) is 17.3. The van der Waals surface area contributed by atoms with E-state index in [9.17, 15) is 9.90 Å². The number of furan rings is 1. The summed E-state index contributed by atoms with van der Waals surface area (Å²) >= 11 is 0. The van der Waals surface area contributed by atoms with Gasteiger partial charge in [-0.25, -0.2) is 0 Å². The van der Waals surface area contributed by atoms with Crippen LogP contribution in [0.3, 0.4) is 0 Å². The Balaban J connectivity index is 1.38. The number of amides is 1. The molecule has 0 radical (unpaired) electrons. The van der Waals surface area contributed by atoms with Crippen LogP contribution in [0.25, 0.3) is 11.0 Å². The van der Waals surface area contributed by atoms with Gasteiger partial charge in [-0.3, -0.25) is 14.7 Å². The summed E-state index contributed by atoms with van der Waals surface area (Å²) in [5.74, 6) is 0.751. The zero-order chi connectivity index (χ0) is 19.1. The van der Waals surface area contributed by atoms with E-state index in [2.05, 4.69) is 21.3 Å². The van der Waals surface area contributed by atoms with Gasteiger partial charge in [-0.2, -0.15) is 0 Å². The highest BCUT2D eigenvalue weighted by molar-refractivity contribution is 5.96. The lowest BCUT2D eigenvalue weighted by Gasteiger charge is -2.51. The van der Waals surface area contributed by atoms with Crippen LogP contribution in [0.1, 0.15) is 29.0 Å². The minimum absolute atomic E-state index is 0.0943. The molecule has 2 aromatic heterocycles. The van der Waals surface area contributed by atoms with Crippen LogP contribution in [0.2, 0.25) is 0 Å². The molecule has 6 nitrogen and oxygen atoms in total. The van der Waals surface area contributed by atoms with Crippen molar-refractivity contribution < 1.29 is 14.3 Å². The molecule has 0 aliphatic carbocycles.